The smallest absolute Gasteiger partial charge is 0.241 e. The molecule has 0 saturated carbocycles. The fraction of sp³-hybridized carbons (Fsp3) is 0.579. The summed E-state index contributed by atoms with van der Waals surface area (Å²) in [4.78, 5) is 31.4. The summed E-state index contributed by atoms with van der Waals surface area (Å²) in [5.41, 5.74) is 0.851. The van der Waals surface area contributed by atoms with Crippen LogP contribution in [0, 0.1) is 0 Å². The SMILES string of the molecule is CNC(=O)C(c1ccc(Cl)cc1)N1CCCC1C(=O)N(C)CCN(C)C. The van der Waals surface area contributed by atoms with Gasteiger partial charge in [0.15, 0.2) is 0 Å². The minimum absolute atomic E-state index is 0.0761. The minimum Gasteiger partial charge on any atom is -0.358 e. The molecular formula is C19H29ClN4O2. The van der Waals surface area contributed by atoms with Crippen LogP contribution in [0.1, 0.15) is 24.4 Å². The summed E-state index contributed by atoms with van der Waals surface area (Å²) in [5, 5.41) is 3.37. The van der Waals surface area contributed by atoms with Crippen molar-refractivity contribution in [1.29, 1.82) is 0 Å². The molecule has 2 atom stereocenters. The molecule has 1 fully saturated rings. The lowest BCUT2D eigenvalue weighted by atomic mass is 10.0. The Morgan fingerprint density at radius 1 is 1.23 bits per heavy atom. The zero-order chi connectivity index (χ0) is 19.3. The van der Waals surface area contributed by atoms with Crippen LogP contribution < -0.4 is 5.32 Å². The molecule has 0 radical (unpaired) electrons. The summed E-state index contributed by atoms with van der Waals surface area (Å²) in [6.45, 7) is 2.20. The van der Waals surface area contributed by atoms with E-state index in [1.165, 1.54) is 0 Å². The van der Waals surface area contributed by atoms with Crippen molar-refractivity contribution in [2.45, 2.75) is 24.9 Å². The molecule has 7 heteroatoms. The molecule has 1 saturated heterocycles. The zero-order valence-electron chi connectivity index (χ0n) is 16.0. The monoisotopic (exact) mass is 380 g/mol. The number of hydrogen-bond donors (Lipinski definition) is 1. The van der Waals surface area contributed by atoms with Gasteiger partial charge >= 0.3 is 0 Å². The lowest BCUT2D eigenvalue weighted by Gasteiger charge is -2.33. The van der Waals surface area contributed by atoms with Gasteiger partial charge in [-0.05, 0) is 44.6 Å². The number of hydrogen-bond acceptors (Lipinski definition) is 4. The van der Waals surface area contributed by atoms with Gasteiger partial charge in [-0.2, -0.15) is 0 Å². The molecule has 0 aliphatic carbocycles. The lowest BCUT2D eigenvalue weighted by molar-refractivity contribution is -0.137. The minimum atomic E-state index is -0.490. The van der Waals surface area contributed by atoms with Crippen LogP contribution in [0.2, 0.25) is 5.02 Å². The van der Waals surface area contributed by atoms with E-state index in [1.54, 1.807) is 24.1 Å². The highest BCUT2D eigenvalue weighted by Crippen LogP contribution is 2.31. The Labute approximate surface area is 161 Å². The lowest BCUT2D eigenvalue weighted by Crippen LogP contribution is -2.49. The van der Waals surface area contributed by atoms with Gasteiger partial charge in [0.25, 0.3) is 0 Å². The molecule has 1 heterocycles. The molecular weight excluding hydrogens is 352 g/mol. The molecule has 2 rings (SSSR count). The second kappa shape index (κ2) is 9.35. The van der Waals surface area contributed by atoms with Gasteiger partial charge < -0.3 is 15.1 Å². The van der Waals surface area contributed by atoms with E-state index in [4.69, 9.17) is 11.6 Å². The largest absolute Gasteiger partial charge is 0.358 e. The number of likely N-dealkylation sites (N-methyl/N-ethyl adjacent to an activating group) is 3. The van der Waals surface area contributed by atoms with Gasteiger partial charge in [-0.25, -0.2) is 0 Å². The first-order valence-electron chi connectivity index (χ1n) is 8.97. The number of halogens is 1. The van der Waals surface area contributed by atoms with E-state index in [1.807, 2.05) is 38.2 Å². The average molecular weight is 381 g/mol. The van der Waals surface area contributed by atoms with Gasteiger partial charge in [-0.1, -0.05) is 23.7 Å². The maximum absolute atomic E-state index is 13.0. The van der Waals surface area contributed by atoms with Crippen LogP contribution in [-0.4, -0.2) is 80.4 Å². The normalized spacial score (nSPS) is 18.8. The molecule has 1 N–H and O–H groups in total. The molecule has 0 aromatic heterocycles. The Kier molecular flexibility index (Phi) is 7.43. The van der Waals surface area contributed by atoms with Gasteiger partial charge in [-0.3, -0.25) is 14.5 Å². The predicted molar refractivity (Wildman–Crippen MR) is 104 cm³/mol. The first-order valence-corrected chi connectivity index (χ1v) is 9.35. The molecule has 1 aliphatic heterocycles. The van der Waals surface area contributed by atoms with Crippen LogP contribution >= 0.6 is 11.6 Å². The number of amides is 2. The summed E-state index contributed by atoms with van der Waals surface area (Å²) in [7, 11) is 7.44. The maximum Gasteiger partial charge on any atom is 0.241 e. The van der Waals surface area contributed by atoms with Crippen molar-refractivity contribution in [2.75, 3.05) is 47.8 Å². The van der Waals surface area contributed by atoms with Crippen LogP contribution in [0.5, 0.6) is 0 Å². The topological polar surface area (TPSA) is 55.9 Å². The van der Waals surface area contributed by atoms with Gasteiger partial charge in [0.2, 0.25) is 11.8 Å². The summed E-state index contributed by atoms with van der Waals surface area (Å²) in [6.07, 6.45) is 1.67. The van der Waals surface area contributed by atoms with Crippen LogP contribution in [0.3, 0.4) is 0 Å². The van der Waals surface area contributed by atoms with E-state index in [9.17, 15) is 9.59 Å². The second-order valence-corrected chi connectivity index (χ2v) is 7.46. The van der Waals surface area contributed by atoms with E-state index in [0.29, 0.717) is 11.6 Å². The molecule has 2 unspecified atom stereocenters. The van der Waals surface area contributed by atoms with Crippen molar-refractivity contribution >= 4 is 23.4 Å². The number of carbonyl (C=O) groups is 2. The van der Waals surface area contributed by atoms with Crippen LogP contribution in [0.4, 0.5) is 0 Å². The third-order valence-corrected chi connectivity index (χ3v) is 5.10. The van der Waals surface area contributed by atoms with Crippen LogP contribution in [0.25, 0.3) is 0 Å². The molecule has 144 valence electrons. The van der Waals surface area contributed by atoms with Gasteiger partial charge in [-0.15, -0.1) is 0 Å². The Morgan fingerprint density at radius 2 is 1.88 bits per heavy atom. The van der Waals surface area contributed by atoms with Crippen molar-refractivity contribution in [1.82, 2.24) is 20.0 Å². The van der Waals surface area contributed by atoms with Crippen LogP contribution in [0.15, 0.2) is 24.3 Å². The molecule has 0 bridgehead atoms. The molecule has 1 aliphatic rings. The highest BCUT2D eigenvalue weighted by atomic mass is 35.5. The highest BCUT2D eigenvalue weighted by molar-refractivity contribution is 6.30. The van der Waals surface area contributed by atoms with Crippen molar-refractivity contribution in [3.63, 3.8) is 0 Å². The fourth-order valence-corrected chi connectivity index (χ4v) is 3.48. The molecule has 6 nitrogen and oxygen atoms in total. The second-order valence-electron chi connectivity index (χ2n) is 7.03. The summed E-state index contributed by atoms with van der Waals surface area (Å²) < 4.78 is 0. The molecule has 2 amide bonds. The van der Waals surface area contributed by atoms with Gasteiger partial charge in [0.05, 0.1) is 6.04 Å². The molecule has 26 heavy (non-hydrogen) atoms. The Hall–Kier alpha value is -1.63. The number of likely N-dealkylation sites (tertiary alicyclic amines) is 1. The van der Waals surface area contributed by atoms with E-state index >= 15 is 0 Å². The van der Waals surface area contributed by atoms with Gasteiger partial charge in [0, 0.05) is 38.8 Å². The fourth-order valence-electron chi connectivity index (χ4n) is 3.35. The van der Waals surface area contributed by atoms with Crippen molar-refractivity contribution in [2.24, 2.45) is 0 Å². The molecule has 0 spiro atoms. The summed E-state index contributed by atoms with van der Waals surface area (Å²) >= 11 is 5.99. The zero-order valence-corrected chi connectivity index (χ0v) is 16.8. The van der Waals surface area contributed by atoms with E-state index in [0.717, 1.165) is 31.5 Å². The Bertz CT molecular complexity index is 620. The van der Waals surface area contributed by atoms with E-state index < -0.39 is 6.04 Å². The summed E-state index contributed by atoms with van der Waals surface area (Å²) in [6, 6.07) is 6.51. The van der Waals surface area contributed by atoms with E-state index in [2.05, 4.69) is 10.2 Å². The van der Waals surface area contributed by atoms with Crippen molar-refractivity contribution in [3.05, 3.63) is 34.9 Å². The first kappa shape index (κ1) is 20.7. The van der Waals surface area contributed by atoms with Crippen LogP contribution in [-0.2, 0) is 9.59 Å². The third-order valence-electron chi connectivity index (χ3n) is 4.85. The number of carbonyl (C=O) groups excluding carboxylic acids is 2. The standard InChI is InChI=1S/C19H29ClN4O2/c1-21-18(25)17(14-7-9-15(20)10-8-14)24-11-5-6-16(24)19(26)23(4)13-12-22(2)3/h7-10,16-17H,5-6,11-13H2,1-4H3,(H,21,25). The molecule has 1 aromatic carbocycles. The van der Waals surface area contributed by atoms with Crippen molar-refractivity contribution < 1.29 is 9.59 Å². The number of nitrogens with one attached hydrogen (secondary N) is 1. The first-order chi connectivity index (χ1) is 12.3. The Morgan fingerprint density at radius 3 is 2.46 bits per heavy atom. The molecule has 1 aromatic rings. The summed E-state index contributed by atoms with van der Waals surface area (Å²) in [5.74, 6) is -0.0322. The Balaban J connectivity index is 2.22. The number of nitrogens with zero attached hydrogens (tertiary/aromatic N) is 3. The maximum atomic E-state index is 13.0. The van der Waals surface area contributed by atoms with E-state index in [-0.39, 0.29) is 17.9 Å². The van der Waals surface area contributed by atoms with Gasteiger partial charge in [0.1, 0.15) is 6.04 Å². The average Bonchev–Trinajstić information content (AvgIpc) is 3.09. The highest BCUT2D eigenvalue weighted by Gasteiger charge is 2.40. The number of benzene rings is 1. The number of rotatable bonds is 7. The van der Waals surface area contributed by atoms with Crippen molar-refractivity contribution in [3.8, 4) is 0 Å². The third kappa shape index (κ3) is 4.96. The quantitative estimate of drug-likeness (QED) is 0.780. The predicted octanol–water partition coefficient (Wildman–Crippen LogP) is 1.61.